The molecule has 0 spiro atoms. The molecule has 230 valence electrons. The molecule has 0 aliphatic carbocycles. The van der Waals surface area contributed by atoms with E-state index in [-0.39, 0.29) is 11.8 Å². The Kier molecular flexibility index (Phi) is 9.38. The number of aryl methyl sites for hydroxylation is 2. The molecule has 0 saturated carbocycles. The normalized spacial score (nSPS) is 16.0. The number of fused-ring (bicyclic) bond motifs is 1. The molecule has 11 nitrogen and oxygen atoms in total. The van der Waals surface area contributed by atoms with Crippen molar-refractivity contribution >= 4 is 53.7 Å². The standard InChI is InChI=1S/C29H39N9O2S3/c1-7-23-26(35(5)27-32-25(24(18-30)41-27)21-13-11-20(2)12-14-21)38-28(31-23)42-29(33-38)37-16-8-10-22(19-37)36(6)43(39,40)17-9-15-34(3)4/h11-14,22H,7-10,15-17,19H2,1-6H3. The number of hydrogen-bond donors (Lipinski definition) is 0. The zero-order valence-electron chi connectivity index (χ0n) is 25.6. The number of aromatic nitrogens is 4. The van der Waals surface area contributed by atoms with Crippen LogP contribution in [-0.4, -0.2) is 96.8 Å². The summed E-state index contributed by atoms with van der Waals surface area (Å²) in [4.78, 5) is 17.3. The van der Waals surface area contributed by atoms with Gasteiger partial charge in [-0.1, -0.05) is 59.4 Å². The van der Waals surface area contributed by atoms with Gasteiger partial charge in [0.1, 0.15) is 16.6 Å². The van der Waals surface area contributed by atoms with Crippen LogP contribution in [0.4, 0.5) is 16.1 Å². The molecule has 1 aromatic carbocycles. The van der Waals surface area contributed by atoms with Crippen molar-refractivity contribution in [1.82, 2.24) is 28.8 Å². The molecular formula is C29H39N9O2S3. The van der Waals surface area contributed by atoms with Crippen molar-refractivity contribution in [3.63, 3.8) is 0 Å². The number of hydrogen-bond acceptors (Lipinski definition) is 11. The fourth-order valence-electron chi connectivity index (χ4n) is 5.36. The minimum Gasteiger partial charge on any atom is -0.345 e. The number of sulfonamides is 1. The lowest BCUT2D eigenvalue weighted by Gasteiger charge is -2.36. The smallest absolute Gasteiger partial charge is 0.216 e. The number of imidazole rings is 1. The van der Waals surface area contributed by atoms with Crippen LogP contribution in [0.1, 0.15) is 42.3 Å². The lowest BCUT2D eigenvalue weighted by molar-refractivity contribution is 0.318. The van der Waals surface area contributed by atoms with Gasteiger partial charge < -0.3 is 14.7 Å². The lowest BCUT2D eigenvalue weighted by atomic mass is 10.1. The first-order valence-electron chi connectivity index (χ1n) is 14.5. The van der Waals surface area contributed by atoms with E-state index in [4.69, 9.17) is 15.1 Å². The van der Waals surface area contributed by atoms with Gasteiger partial charge in [0.25, 0.3) is 0 Å². The van der Waals surface area contributed by atoms with Crippen LogP contribution in [0.5, 0.6) is 0 Å². The molecule has 0 N–H and O–H groups in total. The molecular weight excluding hydrogens is 603 g/mol. The highest BCUT2D eigenvalue weighted by molar-refractivity contribution is 7.89. The monoisotopic (exact) mass is 641 g/mol. The number of likely N-dealkylation sites (N-methyl/N-ethyl adjacent to an activating group) is 1. The zero-order chi connectivity index (χ0) is 30.9. The quantitative estimate of drug-likeness (QED) is 0.232. The van der Waals surface area contributed by atoms with Gasteiger partial charge in [0.2, 0.25) is 20.1 Å². The van der Waals surface area contributed by atoms with Gasteiger partial charge in [-0.3, -0.25) is 0 Å². The molecule has 0 bridgehead atoms. The van der Waals surface area contributed by atoms with Gasteiger partial charge in [-0.15, -0.1) is 5.10 Å². The molecule has 3 aromatic heterocycles. The van der Waals surface area contributed by atoms with Crippen LogP contribution in [-0.2, 0) is 16.4 Å². The second-order valence-corrected chi connectivity index (χ2v) is 15.3. The van der Waals surface area contributed by atoms with Crippen molar-refractivity contribution in [2.24, 2.45) is 0 Å². The molecule has 0 amide bonds. The molecule has 0 radical (unpaired) electrons. The first kappa shape index (κ1) is 31.3. The summed E-state index contributed by atoms with van der Waals surface area (Å²) in [6, 6.07) is 10.2. The van der Waals surface area contributed by atoms with Gasteiger partial charge in [0.05, 0.1) is 11.4 Å². The molecule has 4 heterocycles. The number of nitriles is 1. The van der Waals surface area contributed by atoms with E-state index in [1.807, 2.05) is 66.6 Å². The van der Waals surface area contributed by atoms with Crippen molar-refractivity contribution < 1.29 is 8.42 Å². The molecule has 43 heavy (non-hydrogen) atoms. The Morgan fingerprint density at radius 1 is 1.12 bits per heavy atom. The highest BCUT2D eigenvalue weighted by Gasteiger charge is 2.32. The largest absolute Gasteiger partial charge is 0.345 e. The molecule has 4 aromatic rings. The maximum Gasteiger partial charge on any atom is 0.216 e. The molecule has 1 atom stereocenters. The van der Waals surface area contributed by atoms with E-state index in [0.717, 1.165) is 58.7 Å². The van der Waals surface area contributed by atoms with Crippen LogP contribution in [0.15, 0.2) is 24.3 Å². The Hall–Kier alpha value is -3.09. The van der Waals surface area contributed by atoms with Crippen molar-refractivity contribution in [3.05, 3.63) is 40.4 Å². The Morgan fingerprint density at radius 3 is 2.53 bits per heavy atom. The van der Waals surface area contributed by atoms with Crippen LogP contribution in [0.2, 0.25) is 0 Å². The first-order valence-corrected chi connectivity index (χ1v) is 17.7. The van der Waals surface area contributed by atoms with Crippen LogP contribution in [0, 0.1) is 18.3 Å². The topological polar surface area (TPSA) is 114 Å². The highest BCUT2D eigenvalue weighted by atomic mass is 32.2. The van der Waals surface area contributed by atoms with Gasteiger partial charge in [-0.05, 0) is 53.2 Å². The zero-order valence-corrected chi connectivity index (χ0v) is 28.1. The predicted octanol–water partition coefficient (Wildman–Crippen LogP) is 4.61. The summed E-state index contributed by atoms with van der Waals surface area (Å²) in [5.41, 5.74) is 3.63. The molecule has 1 aliphatic heterocycles. The van der Waals surface area contributed by atoms with Crippen molar-refractivity contribution in [3.8, 4) is 17.3 Å². The summed E-state index contributed by atoms with van der Waals surface area (Å²) >= 11 is 2.87. The van der Waals surface area contributed by atoms with Crippen LogP contribution < -0.4 is 9.80 Å². The van der Waals surface area contributed by atoms with E-state index in [1.165, 1.54) is 22.7 Å². The molecule has 1 unspecified atom stereocenters. The van der Waals surface area contributed by atoms with E-state index in [2.05, 4.69) is 17.9 Å². The minimum atomic E-state index is -3.35. The fourth-order valence-corrected chi connectivity index (χ4v) is 8.56. The Labute approximate surface area is 262 Å². The van der Waals surface area contributed by atoms with E-state index < -0.39 is 10.0 Å². The third-order valence-corrected chi connectivity index (χ3v) is 11.8. The minimum absolute atomic E-state index is 0.109. The van der Waals surface area contributed by atoms with Crippen LogP contribution >= 0.6 is 22.7 Å². The molecule has 1 fully saturated rings. The van der Waals surface area contributed by atoms with Gasteiger partial charge in [0, 0.05) is 38.8 Å². The average molecular weight is 642 g/mol. The second kappa shape index (κ2) is 12.9. The van der Waals surface area contributed by atoms with Crippen molar-refractivity contribution in [1.29, 1.82) is 5.26 Å². The average Bonchev–Trinajstić information content (AvgIpc) is 3.69. The van der Waals surface area contributed by atoms with Crippen molar-refractivity contribution in [2.45, 2.75) is 45.6 Å². The predicted molar refractivity (Wildman–Crippen MR) is 175 cm³/mol. The number of thiazole rings is 1. The highest BCUT2D eigenvalue weighted by Crippen LogP contribution is 2.38. The summed E-state index contributed by atoms with van der Waals surface area (Å²) in [6.07, 6.45) is 3.03. The molecule has 14 heteroatoms. The first-order chi connectivity index (χ1) is 20.5. The Balaban J connectivity index is 1.40. The van der Waals surface area contributed by atoms with Crippen LogP contribution in [0.25, 0.3) is 16.2 Å². The summed E-state index contributed by atoms with van der Waals surface area (Å²) < 4.78 is 29.6. The van der Waals surface area contributed by atoms with Crippen LogP contribution in [0.3, 0.4) is 0 Å². The molecule has 1 aliphatic rings. The maximum absolute atomic E-state index is 13.1. The number of anilines is 3. The van der Waals surface area contributed by atoms with E-state index in [1.54, 1.807) is 11.4 Å². The molecule has 1 saturated heterocycles. The SMILES string of the molecule is CCc1nc2sc(N3CCCC(N(C)S(=O)(=O)CCCN(C)C)C3)nn2c1N(C)c1nc(-c2ccc(C)cc2)c(C#N)s1. The fraction of sp³-hybridized carbons (Fsp3) is 0.517. The van der Waals surface area contributed by atoms with Gasteiger partial charge in [-0.2, -0.15) is 9.78 Å². The second-order valence-electron chi connectivity index (χ2n) is 11.3. The number of piperidine rings is 1. The summed E-state index contributed by atoms with van der Waals surface area (Å²) in [5.74, 6) is 0.970. The van der Waals surface area contributed by atoms with Gasteiger partial charge in [0.15, 0.2) is 10.9 Å². The van der Waals surface area contributed by atoms with E-state index in [0.29, 0.717) is 35.1 Å². The lowest BCUT2D eigenvalue weighted by Crippen LogP contribution is -2.49. The number of nitrogens with zero attached hydrogens (tertiary/aromatic N) is 9. The third-order valence-electron chi connectivity index (χ3n) is 7.85. The third kappa shape index (κ3) is 6.56. The maximum atomic E-state index is 13.1. The molecule has 5 rings (SSSR count). The number of rotatable bonds is 11. The van der Waals surface area contributed by atoms with Gasteiger partial charge >= 0.3 is 0 Å². The van der Waals surface area contributed by atoms with E-state index in [9.17, 15) is 13.7 Å². The number of benzene rings is 1. The Bertz CT molecular complexity index is 1720. The summed E-state index contributed by atoms with van der Waals surface area (Å²) in [6.45, 7) is 6.24. The summed E-state index contributed by atoms with van der Waals surface area (Å²) in [5, 5.41) is 16.4. The Morgan fingerprint density at radius 2 is 1.86 bits per heavy atom. The van der Waals surface area contributed by atoms with E-state index >= 15 is 0 Å². The van der Waals surface area contributed by atoms with Gasteiger partial charge in [-0.25, -0.2) is 22.7 Å². The summed E-state index contributed by atoms with van der Waals surface area (Å²) in [7, 11) is 4.21. The van der Waals surface area contributed by atoms with Crippen molar-refractivity contribution in [2.75, 3.05) is 63.4 Å².